The molecular weight excluding hydrogens is 425 g/mol. The van der Waals surface area contributed by atoms with E-state index in [0.717, 1.165) is 14.7 Å². The summed E-state index contributed by atoms with van der Waals surface area (Å²) in [6, 6.07) is 13.7. The largest absolute Gasteiger partial charge is 0.493 e. The summed E-state index contributed by atoms with van der Waals surface area (Å²) < 4.78 is 12.3. The molecule has 0 radical (unpaired) electrons. The molecule has 0 aliphatic carbocycles. The van der Waals surface area contributed by atoms with Crippen LogP contribution in [0.15, 0.2) is 47.6 Å². The summed E-state index contributed by atoms with van der Waals surface area (Å²) in [5.74, 6) is 1.35. The second-order valence-corrected chi connectivity index (χ2v) is 6.14. The predicted molar refractivity (Wildman–Crippen MR) is 104 cm³/mol. The molecule has 0 atom stereocenters. The van der Waals surface area contributed by atoms with Gasteiger partial charge in [0.05, 0.1) is 16.9 Å². The molecule has 2 aromatic rings. The van der Waals surface area contributed by atoms with Gasteiger partial charge in [0.15, 0.2) is 16.6 Å². The first-order valence-corrected chi connectivity index (χ1v) is 8.21. The highest BCUT2D eigenvalue weighted by Gasteiger charge is 2.11. The van der Waals surface area contributed by atoms with Gasteiger partial charge in [-0.2, -0.15) is 5.10 Å². The van der Waals surface area contributed by atoms with Gasteiger partial charge in [0.25, 0.3) is 0 Å². The Balaban J connectivity index is 2.16. The average Bonchev–Trinajstić information content (AvgIpc) is 2.54. The van der Waals surface area contributed by atoms with Crippen LogP contribution in [0.4, 0.5) is 0 Å². The summed E-state index contributed by atoms with van der Waals surface area (Å²) in [5.41, 5.74) is 9.78. The first-order valence-electron chi connectivity index (χ1n) is 6.73. The summed E-state index contributed by atoms with van der Waals surface area (Å²) in [4.78, 5) is 0. The second kappa shape index (κ2) is 8.68. The Kier molecular flexibility index (Phi) is 6.60. The fourth-order valence-electron chi connectivity index (χ4n) is 1.85. The lowest BCUT2D eigenvalue weighted by atomic mass is 10.2. The first-order chi connectivity index (χ1) is 11.1. The molecule has 120 valence electrons. The molecule has 0 aliphatic heterocycles. The highest BCUT2D eigenvalue weighted by atomic mass is 127. The number of hydrazone groups is 1. The van der Waals surface area contributed by atoms with Crippen LogP contribution in [0.5, 0.6) is 11.5 Å². The molecule has 0 heterocycles. The van der Waals surface area contributed by atoms with Crippen molar-refractivity contribution < 1.29 is 9.47 Å². The van der Waals surface area contributed by atoms with Crippen molar-refractivity contribution in [3.8, 4) is 11.5 Å². The van der Waals surface area contributed by atoms with Gasteiger partial charge in [0.1, 0.15) is 6.61 Å². The molecule has 0 unspecified atom stereocenters. The van der Waals surface area contributed by atoms with Crippen molar-refractivity contribution in [1.82, 2.24) is 5.43 Å². The molecule has 0 aromatic heterocycles. The fraction of sp³-hybridized carbons (Fsp3) is 0.125. The molecule has 0 bridgehead atoms. The molecule has 0 saturated carbocycles. The van der Waals surface area contributed by atoms with E-state index in [1.54, 1.807) is 13.3 Å². The van der Waals surface area contributed by atoms with E-state index < -0.39 is 0 Å². The van der Waals surface area contributed by atoms with E-state index in [2.05, 4.69) is 33.1 Å². The smallest absolute Gasteiger partial charge is 0.184 e. The van der Waals surface area contributed by atoms with Crippen LogP contribution in [0, 0.1) is 3.57 Å². The van der Waals surface area contributed by atoms with Crippen molar-refractivity contribution in [3.05, 3.63) is 57.2 Å². The summed E-state index contributed by atoms with van der Waals surface area (Å²) in [7, 11) is 1.61. The minimum atomic E-state index is 0.116. The standard InChI is InChI=1S/C16H16IN3O2S/c1-21-14-8-12(9-19-20-16(18)23)7-13(17)15(14)22-10-11-5-3-2-4-6-11/h2-9H,10H2,1H3,(H3,18,20,23)/b19-9-. The lowest BCUT2D eigenvalue weighted by molar-refractivity contribution is 0.282. The van der Waals surface area contributed by atoms with Gasteiger partial charge in [-0.3, -0.25) is 5.43 Å². The number of benzene rings is 2. The number of nitrogens with zero attached hydrogens (tertiary/aromatic N) is 1. The SMILES string of the molecule is COc1cc(/C=N\NC(N)=S)cc(I)c1OCc1ccccc1. The van der Waals surface area contributed by atoms with Gasteiger partial charge in [0.2, 0.25) is 0 Å². The van der Waals surface area contributed by atoms with Crippen LogP contribution in [0.1, 0.15) is 11.1 Å². The van der Waals surface area contributed by atoms with E-state index >= 15 is 0 Å². The number of ether oxygens (including phenoxy) is 2. The molecule has 0 saturated heterocycles. The molecule has 2 rings (SSSR count). The maximum atomic E-state index is 5.91. The van der Waals surface area contributed by atoms with Crippen LogP contribution in [-0.2, 0) is 6.61 Å². The molecule has 0 amide bonds. The van der Waals surface area contributed by atoms with Crippen molar-refractivity contribution in [1.29, 1.82) is 0 Å². The van der Waals surface area contributed by atoms with E-state index in [1.807, 2.05) is 42.5 Å². The zero-order valence-corrected chi connectivity index (χ0v) is 15.4. The van der Waals surface area contributed by atoms with Gasteiger partial charge in [0, 0.05) is 0 Å². The van der Waals surface area contributed by atoms with Crippen molar-refractivity contribution >= 4 is 46.1 Å². The Morgan fingerprint density at radius 3 is 2.74 bits per heavy atom. The number of nitrogens with one attached hydrogen (secondary N) is 1. The van der Waals surface area contributed by atoms with Gasteiger partial charge >= 0.3 is 0 Å². The summed E-state index contributed by atoms with van der Waals surface area (Å²) in [6.45, 7) is 0.476. The number of hydrogen-bond donors (Lipinski definition) is 2. The minimum Gasteiger partial charge on any atom is -0.493 e. The Morgan fingerprint density at radius 1 is 1.35 bits per heavy atom. The van der Waals surface area contributed by atoms with Crippen molar-refractivity contribution in [2.24, 2.45) is 10.8 Å². The molecule has 5 nitrogen and oxygen atoms in total. The van der Waals surface area contributed by atoms with Crippen LogP contribution < -0.4 is 20.6 Å². The molecule has 2 aromatic carbocycles. The van der Waals surface area contributed by atoms with Gasteiger partial charge in [-0.05, 0) is 58.1 Å². The van der Waals surface area contributed by atoms with Crippen LogP contribution in [0.3, 0.4) is 0 Å². The normalized spacial score (nSPS) is 10.5. The Hall–Kier alpha value is -1.87. The van der Waals surface area contributed by atoms with Gasteiger partial charge in [-0.15, -0.1) is 0 Å². The average molecular weight is 441 g/mol. The Bertz CT molecular complexity index is 708. The Morgan fingerprint density at radius 2 is 2.09 bits per heavy atom. The van der Waals surface area contributed by atoms with Crippen molar-refractivity contribution in [2.75, 3.05) is 7.11 Å². The van der Waals surface area contributed by atoms with Crippen molar-refractivity contribution in [2.45, 2.75) is 6.61 Å². The molecule has 0 fully saturated rings. The summed E-state index contributed by atoms with van der Waals surface area (Å²) in [5, 5.41) is 4.06. The van der Waals surface area contributed by atoms with Crippen LogP contribution >= 0.6 is 34.8 Å². The molecule has 23 heavy (non-hydrogen) atoms. The molecular formula is C16H16IN3O2S. The lowest BCUT2D eigenvalue weighted by Gasteiger charge is -2.13. The highest BCUT2D eigenvalue weighted by Crippen LogP contribution is 2.34. The highest BCUT2D eigenvalue weighted by molar-refractivity contribution is 14.1. The number of halogens is 1. The number of thiocarbonyl (C=S) groups is 1. The summed E-state index contributed by atoms with van der Waals surface area (Å²) in [6.07, 6.45) is 1.62. The first kappa shape index (κ1) is 17.5. The monoisotopic (exact) mass is 441 g/mol. The van der Waals surface area contributed by atoms with Gasteiger partial charge < -0.3 is 15.2 Å². The zero-order valence-electron chi connectivity index (χ0n) is 12.5. The fourth-order valence-corrected chi connectivity index (χ4v) is 2.69. The number of rotatable bonds is 6. The third kappa shape index (κ3) is 5.36. The second-order valence-electron chi connectivity index (χ2n) is 4.54. The maximum absolute atomic E-state index is 5.91. The zero-order chi connectivity index (χ0) is 16.7. The summed E-state index contributed by atoms with van der Waals surface area (Å²) >= 11 is 6.90. The molecule has 0 aliphatic rings. The van der Waals surface area contributed by atoms with Crippen molar-refractivity contribution in [3.63, 3.8) is 0 Å². The third-order valence-corrected chi connectivity index (χ3v) is 3.76. The minimum absolute atomic E-state index is 0.116. The van der Waals surface area contributed by atoms with E-state index in [9.17, 15) is 0 Å². The maximum Gasteiger partial charge on any atom is 0.184 e. The van der Waals surface area contributed by atoms with Gasteiger partial charge in [-0.25, -0.2) is 0 Å². The van der Waals surface area contributed by atoms with Gasteiger partial charge in [-0.1, -0.05) is 30.3 Å². The third-order valence-electron chi connectivity index (χ3n) is 2.87. The van der Waals surface area contributed by atoms with Crippen LogP contribution in [0.2, 0.25) is 0 Å². The predicted octanol–water partition coefficient (Wildman–Crippen LogP) is 3.05. The molecule has 7 heteroatoms. The number of hydrogen-bond acceptors (Lipinski definition) is 4. The molecule has 0 spiro atoms. The Labute approximate surface area is 154 Å². The van der Waals surface area contributed by atoms with E-state index in [4.69, 9.17) is 27.4 Å². The quantitative estimate of drug-likeness (QED) is 0.312. The van der Waals surface area contributed by atoms with Crippen LogP contribution in [0.25, 0.3) is 0 Å². The van der Waals surface area contributed by atoms with E-state index in [1.165, 1.54) is 0 Å². The lowest BCUT2D eigenvalue weighted by Crippen LogP contribution is -2.24. The topological polar surface area (TPSA) is 68.9 Å². The number of methoxy groups -OCH3 is 1. The molecule has 3 N–H and O–H groups in total. The van der Waals surface area contributed by atoms with Crippen LogP contribution in [-0.4, -0.2) is 18.4 Å². The van der Waals surface area contributed by atoms with E-state index in [0.29, 0.717) is 18.1 Å². The van der Waals surface area contributed by atoms with E-state index in [-0.39, 0.29) is 5.11 Å². The number of nitrogens with two attached hydrogens (primary N) is 1.